The summed E-state index contributed by atoms with van der Waals surface area (Å²) in [5, 5.41) is 4.16. The number of hydrogen-bond acceptors (Lipinski definition) is 6. The SMILES string of the molecule is CC(C)c1nc(CN2CCN(C)[C@]3(CCC(=O)N(CC4CC4)CC3)C2)no1. The lowest BCUT2D eigenvalue weighted by molar-refractivity contribution is -0.131. The van der Waals surface area contributed by atoms with Gasteiger partial charge in [0.25, 0.3) is 0 Å². The van der Waals surface area contributed by atoms with Crippen molar-refractivity contribution in [2.75, 3.05) is 39.8 Å². The first-order valence-corrected chi connectivity index (χ1v) is 10.5. The molecule has 1 aromatic heterocycles. The molecule has 1 atom stereocenters. The number of aromatic nitrogens is 2. The average molecular weight is 376 g/mol. The molecule has 1 saturated carbocycles. The molecule has 27 heavy (non-hydrogen) atoms. The van der Waals surface area contributed by atoms with Crippen molar-refractivity contribution in [3.05, 3.63) is 11.7 Å². The van der Waals surface area contributed by atoms with Crippen LogP contribution in [-0.4, -0.2) is 76.1 Å². The first kappa shape index (κ1) is 18.9. The standard InChI is InChI=1S/C20H33N5O2/c1-15(2)19-21-17(22-27-19)13-24-11-10-23(3)20(14-24)7-6-18(26)25(9-8-20)12-16-4-5-16/h15-16H,4-14H2,1-3H3/t20-/m0/s1. The summed E-state index contributed by atoms with van der Waals surface area (Å²) in [5.41, 5.74) is 0.0802. The van der Waals surface area contributed by atoms with E-state index in [-0.39, 0.29) is 11.5 Å². The van der Waals surface area contributed by atoms with E-state index in [1.54, 1.807) is 0 Å². The van der Waals surface area contributed by atoms with E-state index in [1.165, 1.54) is 12.8 Å². The highest BCUT2D eigenvalue weighted by Crippen LogP contribution is 2.35. The summed E-state index contributed by atoms with van der Waals surface area (Å²) in [5.74, 6) is 2.86. The van der Waals surface area contributed by atoms with Crippen LogP contribution in [0.1, 0.15) is 63.6 Å². The summed E-state index contributed by atoms with van der Waals surface area (Å²) in [6, 6.07) is 0. The molecule has 3 heterocycles. The lowest BCUT2D eigenvalue weighted by atomic mass is 9.86. The van der Waals surface area contributed by atoms with E-state index in [2.05, 4.69) is 45.7 Å². The number of hydrogen-bond donors (Lipinski definition) is 0. The maximum Gasteiger partial charge on any atom is 0.229 e. The van der Waals surface area contributed by atoms with Gasteiger partial charge in [-0.15, -0.1) is 0 Å². The van der Waals surface area contributed by atoms with Crippen LogP contribution in [-0.2, 0) is 11.3 Å². The van der Waals surface area contributed by atoms with Gasteiger partial charge in [0.15, 0.2) is 5.82 Å². The van der Waals surface area contributed by atoms with Gasteiger partial charge in [-0.2, -0.15) is 4.98 Å². The minimum atomic E-state index is 0.0802. The van der Waals surface area contributed by atoms with Crippen LogP contribution in [0.15, 0.2) is 4.52 Å². The van der Waals surface area contributed by atoms with Crippen molar-refractivity contribution in [1.82, 2.24) is 24.8 Å². The quantitative estimate of drug-likeness (QED) is 0.785. The van der Waals surface area contributed by atoms with Gasteiger partial charge in [-0.1, -0.05) is 19.0 Å². The van der Waals surface area contributed by atoms with Crippen LogP contribution in [0.25, 0.3) is 0 Å². The Morgan fingerprint density at radius 1 is 1.22 bits per heavy atom. The Balaban J connectivity index is 1.42. The van der Waals surface area contributed by atoms with Gasteiger partial charge in [0.1, 0.15) is 0 Å². The average Bonchev–Trinajstić information content (AvgIpc) is 3.36. The Morgan fingerprint density at radius 2 is 2.04 bits per heavy atom. The Kier molecular flexibility index (Phi) is 5.25. The summed E-state index contributed by atoms with van der Waals surface area (Å²) in [6.07, 6.45) is 5.27. The van der Waals surface area contributed by atoms with Crippen molar-refractivity contribution in [3.8, 4) is 0 Å². The normalized spacial score (nSPS) is 28.3. The number of carbonyl (C=O) groups is 1. The monoisotopic (exact) mass is 375 g/mol. The van der Waals surface area contributed by atoms with Crippen LogP contribution >= 0.6 is 0 Å². The Morgan fingerprint density at radius 3 is 2.74 bits per heavy atom. The zero-order chi connectivity index (χ0) is 19.0. The minimum absolute atomic E-state index is 0.0802. The Labute approximate surface area is 162 Å². The number of nitrogens with zero attached hydrogens (tertiary/aromatic N) is 5. The third kappa shape index (κ3) is 4.19. The minimum Gasteiger partial charge on any atom is -0.342 e. The van der Waals surface area contributed by atoms with Crippen LogP contribution in [0.5, 0.6) is 0 Å². The van der Waals surface area contributed by atoms with E-state index in [1.807, 2.05) is 0 Å². The smallest absolute Gasteiger partial charge is 0.229 e. The fourth-order valence-corrected chi connectivity index (χ4v) is 4.48. The predicted octanol–water partition coefficient (Wildman–Crippen LogP) is 2.10. The molecule has 3 fully saturated rings. The van der Waals surface area contributed by atoms with E-state index in [0.717, 1.165) is 63.9 Å². The number of likely N-dealkylation sites (tertiary alicyclic amines) is 1. The van der Waals surface area contributed by atoms with Crippen molar-refractivity contribution in [3.63, 3.8) is 0 Å². The Hall–Kier alpha value is -1.47. The van der Waals surface area contributed by atoms with Gasteiger partial charge in [0.2, 0.25) is 11.8 Å². The molecule has 2 saturated heterocycles. The highest BCUT2D eigenvalue weighted by Gasteiger charge is 2.43. The largest absolute Gasteiger partial charge is 0.342 e. The molecule has 2 aliphatic heterocycles. The zero-order valence-corrected chi connectivity index (χ0v) is 17.0. The molecule has 1 spiro atoms. The van der Waals surface area contributed by atoms with E-state index in [4.69, 9.17) is 4.52 Å². The molecular formula is C20H33N5O2. The molecule has 1 aliphatic carbocycles. The third-order valence-electron chi connectivity index (χ3n) is 6.60. The van der Waals surface area contributed by atoms with Crippen molar-refractivity contribution in [2.24, 2.45) is 5.92 Å². The topological polar surface area (TPSA) is 65.7 Å². The Bertz CT molecular complexity index is 671. The van der Waals surface area contributed by atoms with Crippen molar-refractivity contribution in [1.29, 1.82) is 0 Å². The lowest BCUT2D eigenvalue weighted by Crippen LogP contribution is -2.60. The first-order chi connectivity index (χ1) is 12.9. The molecule has 1 aromatic rings. The van der Waals surface area contributed by atoms with E-state index in [0.29, 0.717) is 18.2 Å². The maximum atomic E-state index is 12.6. The van der Waals surface area contributed by atoms with Crippen molar-refractivity contribution in [2.45, 2.75) is 64.0 Å². The summed E-state index contributed by atoms with van der Waals surface area (Å²) in [6.45, 7) is 9.73. The van der Waals surface area contributed by atoms with Gasteiger partial charge in [0.05, 0.1) is 6.54 Å². The fourth-order valence-electron chi connectivity index (χ4n) is 4.48. The summed E-state index contributed by atoms with van der Waals surface area (Å²) >= 11 is 0. The molecule has 4 rings (SSSR count). The second-order valence-corrected chi connectivity index (χ2v) is 9.09. The van der Waals surface area contributed by atoms with Gasteiger partial charge in [-0.05, 0) is 38.6 Å². The van der Waals surface area contributed by atoms with Gasteiger partial charge in [-0.3, -0.25) is 14.6 Å². The molecule has 0 aromatic carbocycles. The number of piperazine rings is 1. The molecule has 0 unspecified atom stereocenters. The highest BCUT2D eigenvalue weighted by molar-refractivity contribution is 5.76. The van der Waals surface area contributed by atoms with Gasteiger partial charge >= 0.3 is 0 Å². The van der Waals surface area contributed by atoms with E-state index >= 15 is 0 Å². The molecule has 0 bridgehead atoms. The molecule has 150 valence electrons. The second kappa shape index (κ2) is 7.51. The molecule has 7 heteroatoms. The van der Waals surface area contributed by atoms with E-state index < -0.39 is 0 Å². The molecule has 0 radical (unpaired) electrons. The molecule has 1 amide bonds. The van der Waals surface area contributed by atoms with Gasteiger partial charge < -0.3 is 9.42 Å². The van der Waals surface area contributed by atoms with E-state index in [9.17, 15) is 4.79 Å². The number of amides is 1. The van der Waals surface area contributed by atoms with Crippen LogP contribution in [0.3, 0.4) is 0 Å². The summed E-state index contributed by atoms with van der Waals surface area (Å²) < 4.78 is 5.37. The molecule has 3 aliphatic rings. The van der Waals surface area contributed by atoms with Crippen LogP contribution < -0.4 is 0 Å². The van der Waals surface area contributed by atoms with Crippen molar-refractivity contribution >= 4 is 5.91 Å². The summed E-state index contributed by atoms with van der Waals surface area (Å²) in [7, 11) is 2.23. The first-order valence-electron chi connectivity index (χ1n) is 10.5. The number of likely N-dealkylation sites (N-methyl/N-ethyl adjacent to an activating group) is 1. The molecular weight excluding hydrogens is 342 g/mol. The fraction of sp³-hybridized carbons (Fsp3) is 0.850. The maximum absolute atomic E-state index is 12.6. The number of rotatable bonds is 5. The third-order valence-corrected chi connectivity index (χ3v) is 6.60. The molecule has 7 nitrogen and oxygen atoms in total. The highest BCUT2D eigenvalue weighted by atomic mass is 16.5. The van der Waals surface area contributed by atoms with Gasteiger partial charge in [-0.25, -0.2) is 0 Å². The lowest BCUT2D eigenvalue weighted by Gasteiger charge is -2.49. The predicted molar refractivity (Wildman–Crippen MR) is 102 cm³/mol. The zero-order valence-electron chi connectivity index (χ0n) is 17.0. The van der Waals surface area contributed by atoms with Crippen LogP contribution in [0, 0.1) is 5.92 Å². The second-order valence-electron chi connectivity index (χ2n) is 9.09. The summed E-state index contributed by atoms with van der Waals surface area (Å²) in [4.78, 5) is 24.2. The molecule has 0 N–H and O–H groups in total. The van der Waals surface area contributed by atoms with Crippen LogP contribution in [0.2, 0.25) is 0 Å². The number of carbonyl (C=O) groups excluding carboxylic acids is 1. The van der Waals surface area contributed by atoms with Crippen LogP contribution in [0.4, 0.5) is 0 Å². The van der Waals surface area contributed by atoms with Crippen molar-refractivity contribution < 1.29 is 9.32 Å². The van der Waals surface area contributed by atoms with Gasteiger partial charge in [0, 0.05) is 50.6 Å².